The molecule has 2 aromatic heterocycles. The zero-order valence-corrected chi connectivity index (χ0v) is 16.7. The van der Waals surface area contributed by atoms with E-state index >= 15 is 0 Å². The zero-order chi connectivity index (χ0) is 21.2. The summed E-state index contributed by atoms with van der Waals surface area (Å²) >= 11 is 0. The smallest absolute Gasteiger partial charge is 0.286 e. The van der Waals surface area contributed by atoms with Crippen molar-refractivity contribution in [3.63, 3.8) is 0 Å². The molecule has 1 N–H and O–H groups in total. The van der Waals surface area contributed by atoms with Gasteiger partial charge >= 0.3 is 0 Å². The van der Waals surface area contributed by atoms with Crippen molar-refractivity contribution in [3.8, 4) is 23.2 Å². The third kappa shape index (κ3) is 3.98. The molecule has 0 aliphatic rings. The van der Waals surface area contributed by atoms with E-state index in [-0.39, 0.29) is 11.7 Å². The van der Waals surface area contributed by atoms with Crippen LogP contribution in [0.1, 0.15) is 11.1 Å². The second kappa shape index (κ2) is 7.95. The van der Waals surface area contributed by atoms with Crippen molar-refractivity contribution in [1.29, 1.82) is 0 Å². The largest absolute Gasteiger partial charge is 0.413 e. The van der Waals surface area contributed by atoms with E-state index in [1.807, 2.05) is 61.5 Å². The van der Waals surface area contributed by atoms with Crippen molar-refractivity contribution >= 4 is 16.7 Å². The molecule has 0 aliphatic heterocycles. The number of rotatable bonds is 5. The molecule has 3 aromatic carbocycles. The average molecular weight is 411 g/mol. The maximum atomic E-state index is 13.5. The van der Waals surface area contributed by atoms with E-state index in [1.54, 1.807) is 6.07 Å². The van der Waals surface area contributed by atoms with Gasteiger partial charge in [-0.25, -0.2) is 14.4 Å². The molecule has 152 valence electrons. The molecule has 0 unspecified atom stereocenters. The average Bonchev–Trinajstić information content (AvgIpc) is 3.28. The molecule has 0 atom stereocenters. The summed E-state index contributed by atoms with van der Waals surface area (Å²) in [5.74, 6) is 1.30. The Balaban J connectivity index is 1.50. The molecule has 0 amide bonds. The van der Waals surface area contributed by atoms with Gasteiger partial charge in [-0.3, -0.25) is 0 Å². The highest BCUT2D eigenvalue weighted by Crippen LogP contribution is 2.27. The molecule has 6 nitrogen and oxygen atoms in total. The molecule has 7 heteroatoms. The van der Waals surface area contributed by atoms with Crippen LogP contribution in [0.4, 0.5) is 10.2 Å². The van der Waals surface area contributed by atoms with Gasteiger partial charge in [-0.15, -0.1) is 10.2 Å². The van der Waals surface area contributed by atoms with Gasteiger partial charge in [0, 0.05) is 17.5 Å². The van der Waals surface area contributed by atoms with Crippen LogP contribution in [0.5, 0.6) is 0 Å². The molecule has 0 aliphatic carbocycles. The van der Waals surface area contributed by atoms with Gasteiger partial charge in [-0.05, 0) is 48.9 Å². The predicted octanol–water partition coefficient (Wildman–Crippen LogP) is 5.41. The lowest BCUT2D eigenvalue weighted by Gasteiger charge is -2.10. The quantitative estimate of drug-likeness (QED) is 0.417. The monoisotopic (exact) mass is 411 g/mol. The number of anilines is 1. The Morgan fingerprint density at radius 1 is 0.871 bits per heavy atom. The topological polar surface area (TPSA) is 76.7 Å². The maximum Gasteiger partial charge on any atom is 0.286 e. The number of aromatic nitrogens is 4. The van der Waals surface area contributed by atoms with Gasteiger partial charge in [-0.2, -0.15) is 0 Å². The zero-order valence-electron chi connectivity index (χ0n) is 16.7. The molecule has 0 spiro atoms. The maximum absolute atomic E-state index is 13.5. The summed E-state index contributed by atoms with van der Waals surface area (Å²) in [6.45, 7) is 2.43. The molecule has 31 heavy (non-hydrogen) atoms. The minimum atomic E-state index is -0.276. The number of nitrogens with one attached hydrogen (secondary N) is 1. The number of nitrogens with zero attached hydrogens (tertiary/aromatic N) is 4. The highest BCUT2D eigenvalue weighted by Gasteiger charge is 2.16. The van der Waals surface area contributed by atoms with Gasteiger partial charge in [0.15, 0.2) is 0 Å². The van der Waals surface area contributed by atoms with Gasteiger partial charge in [0.05, 0.1) is 5.52 Å². The highest BCUT2D eigenvalue weighted by molar-refractivity contribution is 5.90. The Labute approximate surface area is 177 Å². The van der Waals surface area contributed by atoms with E-state index < -0.39 is 0 Å². The van der Waals surface area contributed by atoms with Crippen molar-refractivity contribution < 1.29 is 8.81 Å². The summed E-state index contributed by atoms with van der Waals surface area (Å²) < 4.78 is 19.4. The lowest BCUT2D eigenvalue weighted by molar-refractivity contribution is 0.579. The van der Waals surface area contributed by atoms with E-state index in [0.717, 1.165) is 27.6 Å². The van der Waals surface area contributed by atoms with Crippen LogP contribution in [0.3, 0.4) is 0 Å². The normalized spacial score (nSPS) is 11.0. The van der Waals surface area contributed by atoms with Gasteiger partial charge < -0.3 is 9.73 Å². The van der Waals surface area contributed by atoms with Crippen molar-refractivity contribution in [1.82, 2.24) is 20.2 Å². The van der Waals surface area contributed by atoms with Gasteiger partial charge in [-0.1, -0.05) is 42.0 Å². The fourth-order valence-electron chi connectivity index (χ4n) is 3.27. The second-order valence-electron chi connectivity index (χ2n) is 7.17. The summed E-state index contributed by atoms with van der Waals surface area (Å²) in [5, 5.41) is 12.4. The molecule has 0 saturated heterocycles. The molecule has 5 aromatic rings. The Bertz CT molecular complexity index is 1360. The Morgan fingerprint density at radius 2 is 1.68 bits per heavy atom. The van der Waals surface area contributed by atoms with Crippen LogP contribution in [-0.2, 0) is 6.54 Å². The van der Waals surface area contributed by atoms with Crippen molar-refractivity contribution in [3.05, 3.63) is 89.7 Å². The summed E-state index contributed by atoms with van der Waals surface area (Å²) in [5.41, 5.74) is 3.53. The molecular weight excluding hydrogens is 393 g/mol. The molecule has 2 heterocycles. The molecule has 0 bridgehead atoms. The fraction of sp³-hybridized carbons (Fsp3) is 0.0833. The van der Waals surface area contributed by atoms with E-state index in [2.05, 4.69) is 25.5 Å². The fourth-order valence-corrected chi connectivity index (χ4v) is 3.27. The van der Waals surface area contributed by atoms with Crippen molar-refractivity contribution in [2.45, 2.75) is 13.5 Å². The molecule has 0 saturated carbocycles. The summed E-state index contributed by atoms with van der Waals surface area (Å²) in [4.78, 5) is 9.21. The van der Waals surface area contributed by atoms with Crippen molar-refractivity contribution in [2.24, 2.45) is 0 Å². The first-order valence-electron chi connectivity index (χ1n) is 9.82. The number of para-hydroxylation sites is 1. The minimum absolute atomic E-state index is 0.232. The lowest BCUT2D eigenvalue weighted by Crippen LogP contribution is -2.04. The van der Waals surface area contributed by atoms with Crippen LogP contribution < -0.4 is 5.32 Å². The molecule has 0 fully saturated rings. The first-order valence-corrected chi connectivity index (χ1v) is 9.82. The van der Waals surface area contributed by atoms with Crippen molar-refractivity contribution in [2.75, 3.05) is 5.32 Å². The number of benzene rings is 3. The molecular formula is C24H18FN5O. The Kier molecular flexibility index (Phi) is 4.84. The first-order chi connectivity index (χ1) is 15.2. The number of halogens is 1. The Morgan fingerprint density at radius 3 is 2.52 bits per heavy atom. The number of hydrogen-bond donors (Lipinski definition) is 1. The van der Waals surface area contributed by atoms with Gasteiger partial charge in [0.2, 0.25) is 11.7 Å². The summed E-state index contributed by atoms with van der Waals surface area (Å²) in [6.07, 6.45) is 0. The highest BCUT2D eigenvalue weighted by atomic mass is 19.1. The minimum Gasteiger partial charge on any atom is -0.413 e. The standard InChI is InChI=1S/C24H18FN5O/c1-15-9-11-17(12-10-15)23-29-30-24(31-23)22-27-20-8-3-2-7-19(20)21(28-22)26-14-16-5-4-6-18(25)13-16/h2-13H,14H2,1H3,(H,26,27,28). The third-order valence-electron chi connectivity index (χ3n) is 4.87. The van der Waals surface area contributed by atoms with E-state index in [4.69, 9.17) is 4.42 Å². The number of fused-ring (bicyclic) bond motifs is 1. The second-order valence-corrected chi connectivity index (χ2v) is 7.17. The van der Waals surface area contributed by atoms with Crippen LogP contribution in [0.2, 0.25) is 0 Å². The van der Waals surface area contributed by atoms with E-state index in [1.165, 1.54) is 12.1 Å². The Hall–Kier alpha value is -4.13. The SMILES string of the molecule is Cc1ccc(-c2nnc(-c3nc(NCc4cccc(F)c4)c4ccccc4n3)o2)cc1. The third-order valence-corrected chi connectivity index (χ3v) is 4.87. The molecule has 0 radical (unpaired) electrons. The van der Waals surface area contributed by atoms with Crippen LogP contribution in [0.15, 0.2) is 77.2 Å². The van der Waals surface area contributed by atoms with Gasteiger partial charge in [0.25, 0.3) is 5.89 Å². The van der Waals surface area contributed by atoms with E-state index in [0.29, 0.717) is 24.1 Å². The van der Waals surface area contributed by atoms with Crippen LogP contribution in [0, 0.1) is 12.7 Å². The first kappa shape index (κ1) is 18.9. The predicted molar refractivity (Wildman–Crippen MR) is 117 cm³/mol. The van der Waals surface area contributed by atoms with Gasteiger partial charge in [0.1, 0.15) is 11.6 Å². The number of aryl methyl sites for hydroxylation is 1. The molecule has 5 rings (SSSR count). The number of hydrogen-bond acceptors (Lipinski definition) is 6. The van der Waals surface area contributed by atoms with Crippen LogP contribution in [0.25, 0.3) is 34.1 Å². The van der Waals surface area contributed by atoms with E-state index in [9.17, 15) is 4.39 Å². The van der Waals surface area contributed by atoms with Crippen LogP contribution >= 0.6 is 0 Å². The summed E-state index contributed by atoms with van der Waals surface area (Å²) in [6, 6.07) is 21.9. The lowest BCUT2D eigenvalue weighted by atomic mass is 10.1. The summed E-state index contributed by atoms with van der Waals surface area (Å²) in [7, 11) is 0. The van der Waals surface area contributed by atoms with Crippen LogP contribution in [-0.4, -0.2) is 20.2 Å².